The molecule has 2 aromatic carbocycles. The standard InChI is InChI=1S/C24H23ClN4/c25-23-21(15-26)20-12-14-29(16-19-9-5-2-6-10-19)17-22(20)24(28-23)27-13-11-18-7-3-1-4-8-18/h1-10H,11-14,16-17H2,(H,27,28)/p+2. The van der Waals surface area contributed by atoms with Crippen LogP contribution in [0, 0.1) is 11.3 Å². The van der Waals surface area contributed by atoms with Crippen molar-refractivity contribution in [2.75, 3.05) is 18.4 Å². The molecule has 1 aliphatic rings. The Hall–Kier alpha value is -2.87. The molecule has 0 aliphatic carbocycles. The number of aromatic nitrogens is 1. The Bertz CT molecular complexity index is 1010. The lowest BCUT2D eigenvalue weighted by Gasteiger charge is -2.26. The first kappa shape index (κ1) is 19.4. The van der Waals surface area contributed by atoms with Crippen molar-refractivity contribution in [2.24, 2.45) is 0 Å². The summed E-state index contributed by atoms with van der Waals surface area (Å²) in [5.74, 6) is 0.949. The van der Waals surface area contributed by atoms with Gasteiger partial charge in [0.1, 0.15) is 24.7 Å². The number of pyridine rings is 1. The third kappa shape index (κ3) is 4.59. The van der Waals surface area contributed by atoms with Crippen LogP contribution in [0.3, 0.4) is 0 Å². The van der Waals surface area contributed by atoms with E-state index in [2.05, 4.69) is 71.0 Å². The number of fused-ring (bicyclic) bond motifs is 1. The number of nitrogens with one attached hydrogen (secondary N) is 3. The fraction of sp³-hybridized carbons (Fsp3) is 0.250. The molecule has 0 saturated carbocycles. The number of halogens is 1. The van der Waals surface area contributed by atoms with Crippen molar-refractivity contribution in [1.29, 1.82) is 5.26 Å². The van der Waals surface area contributed by atoms with Gasteiger partial charge in [0.25, 0.3) is 5.82 Å². The molecule has 3 aromatic rings. The molecular weight excluding hydrogens is 380 g/mol. The topological polar surface area (TPSA) is 54.4 Å². The summed E-state index contributed by atoms with van der Waals surface area (Å²) in [6.45, 7) is 3.66. The van der Waals surface area contributed by atoms with Crippen LogP contribution in [0.2, 0.25) is 5.15 Å². The minimum absolute atomic E-state index is 0.431. The molecule has 0 radical (unpaired) electrons. The Morgan fingerprint density at radius 2 is 1.69 bits per heavy atom. The molecular formula is C24H25ClN4+2. The van der Waals surface area contributed by atoms with Crippen LogP contribution >= 0.6 is 11.6 Å². The van der Waals surface area contributed by atoms with Gasteiger partial charge in [0.2, 0.25) is 5.15 Å². The molecule has 3 N–H and O–H groups in total. The largest absolute Gasteiger partial charge is 0.327 e. The van der Waals surface area contributed by atoms with E-state index in [9.17, 15) is 5.26 Å². The zero-order valence-electron chi connectivity index (χ0n) is 16.3. The van der Waals surface area contributed by atoms with Crippen molar-refractivity contribution >= 4 is 17.4 Å². The number of anilines is 1. The minimum Gasteiger partial charge on any atom is -0.327 e. The second-order valence-electron chi connectivity index (χ2n) is 7.51. The van der Waals surface area contributed by atoms with Crippen molar-refractivity contribution in [3.63, 3.8) is 0 Å². The Labute approximate surface area is 176 Å². The van der Waals surface area contributed by atoms with Crippen molar-refractivity contribution in [2.45, 2.75) is 25.9 Å². The third-order valence-electron chi connectivity index (χ3n) is 5.54. The molecule has 5 heteroatoms. The van der Waals surface area contributed by atoms with E-state index in [1.807, 2.05) is 6.07 Å². The van der Waals surface area contributed by atoms with Gasteiger partial charge in [-0.05, 0) is 22.7 Å². The highest BCUT2D eigenvalue weighted by molar-refractivity contribution is 6.29. The van der Waals surface area contributed by atoms with E-state index in [0.717, 1.165) is 50.4 Å². The average molecular weight is 405 g/mol. The summed E-state index contributed by atoms with van der Waals surface area (Å²) in [6.07, 6.45) is 1.80. The van der Waals surface area contributed by atoms with Crippen LogP contribution in [0.4, 0.5) is 5.82 Å². The third-order valence-corrected chi connectivity index (χ3v) is 5.83. The molecule has 1 atom stereocenters. The lowest BCUT2D eigenvalue weighted by molar-refractivity contribution is -0.929. The van der Waals surface area contributed by atoms with Gasteiger partial charge in [-0.25, -0.2) is 4.98 Å². The van der Waals surface area contributed by atoms with E-state index in [4.69, 9.17) is 11.6 Å². The molecule has 4 nitrogen and oxygen atoms in total. The number of aromatic amines is 1. The first-order valence-electron chi connectivity index (χ1n) is 10.1. The smallest absolute Gasteiger partial charge is 0.282 e. The Morgan fingerprint density at radius 3 is 2.38 bits per heavy atom. The number of benzene rings is 2. The molecule has 0 amide bonds. The van der Waals surface area contributed by atoms with E-state index in [-0.39, 0.29) is 0 Å². The van der Waals surface area contributed by atoms with Gasteiger partial charge in [0, 0.05) is 18.4 Å². The number of rotatable bonds is 6. The van der Waals surface area contributed by atoms with E-state index in [0.29, 0.717) is 10.7 Å². The number of nitrogens with zero attached hydrogens (tertiary/aromatic N) is 1. The molecule has 2 heterocycles. The Balaban J connectivity index is 1.54. The van der Waals surface area contributed by atoms with E-state index in [1.54, 1.807) is 0 Å². The number of quaternary nitrogens is 1. The van der Waals surface area contributed by atoms with Gasteiger partial charge >= 0.3 is 0 Å². The maximum atomic E-state index is 9.61. The predicted molar refractivity (Wildman–Crippen MR) is 115 cm³/mol. The van der Waals surface area contributed by atoms with Crippen LogP contribution < -0.4 is 15.2 Å². The Kier molecular flexibility index (Phi) is 6.09. The van der Waals surface area contributed by atoms with Gasteiger partial charge in [0.15, 0.2) is 0 Å². The maximum Gasteiger partial charge on any atom is 0.282 e. The predicted octanol–water partition coefficient (Wildman–Crippen LogP) is 2.82. The normalized spacial score (nSPS) is 15.4. The minimum atomic E-state index is 0.431. The van der Waals surface area contributed by atoms with Crippen LogP contribution in [0.1, 0.15) is 27.8 Å². The SMILES string of the molecule is N#Cc1c(Cl)[nH+]c(NCCc2ccccc2)c2c1CC[NH+](Cc1ccccc1)C2. The maximum absolute atomic E-state index is 9.61. The number of H-pyrrole nitrogens is 1. The van der Waals surface area contributed by atoms with Crippen LogP contribution in [-0.4, -0.2) is 13.1 Å². The van der Waals surface area contributed by atoms with Crippen molar-refractivity contribution in [3.05, 3.63) is 93.6 Å². The highest BCUT2D eigenvalue weighted by Crippen LogP contribution is 2.25. The molecule has 4 rings (SSSR count). The van der Waals surface area contributed by atoms with Crippen LogP contribution in [-0.2, 0) is 25.9 Å². The summed E-state index contributed by atoms with van der Waals surface area (Å²) >= 11 is 6.40. The average Bonchev–Trinajstić information content (AvgIpc) is 2.75. The highest BCUT2D eigenvalue weighted by atomic mass is 35.5. The molecule has 0 fully saturated rings. The van der Waals surface area contributed by atoms with E-state index in [1.165, 1.54) is 21.6 Å². The van der Waals surface area contributed by atoms with Crippen LogP contribution in [0.25, 0.3) is 0 Å². The molecule has 0 saturated heterocycles. The van der Waals surface area contributed by atoms with E-state index >= 15 is 0 Å². The molecule has 146 valence electrons. The van der Waals surface area contributed by atoms with Gasteiger partial charge in [0.05, 0.1) is 18.7 Å². The van der Waals surface area contributed by atoms with Crippen molar-refractivity contribution < 1.29 is 9.88 Å². The quantitative estimate of drug-likeness (QED) is 0.621. The number of hydrogen-bond acceptors (Lipinski definition) is 2. The summed E-state index contributed by atoms with van der Waals surface area (Å²) in [6, 6.07) is 23.3. The summed E-state index contributed by atoms with van der Waals surface area (Å²) < 4.78 is 0. The number of nitriles is 1. The van der Waals surface area contributed by atoms with Gasteiger partial charge in [-0.2, -0.15) is 5.26 Å². The molecule has 1 aliphatic heterocycles. The second-order valence-corrected chi connectivity index (χ2v) is 7.89. The Morgan fingerprint density at radius 1 is 1.00 bits per heavy atom. The van der Waals surface area contributed by atoms with Crippen molar-refractivity contribution in [1.82, 2.24) is 0 Å². The molecule has 0 spiro atoms. The molecule has 1 unspecified atom stereocenters. The van der Waals surface area contributed by atoms with Gasteiger partial charge in [-0.15, -0.1) is 0 Å². The first-order chi connectivity index (χ1) is 14.2. The summed E-state index contributed by atoms with van der Waals surface area (Å²) in [5, 5.41) is 13.6. The summed E-state index contributed by atoms with van der Waals surface area (Å²) in [7, 11) is 0. The summed E-state index contributed by atoms with van der Waals surface area (Å²) in [5.41, 5.74) is 5.51. The van der Waals surface area contributed by atoms with Crippen LogP contribution in [0.5, 0.6) is 0 Å². The first-order valence-corrected chi connectivity index (χ1v) is 10.4. The number of hydrogen-bond donors (Lipinski definition) is 2. The lowest BCUT2D eigenvalue weighted by atomic mass is 9.96. The lowest BCUT2D eigenvalue weighted by Crippen LogP contribution is -3.10. The van der Waals surface area contributed by atoms with Gasteiger partial charge < -0.3 is 4.90 Å². The van der Waals surface area contributed by atoms with Gasteiger partial charge in [-0.3, -0.25) is 5.32 Å². The molecule has 29 heavy (non-hydrogen) atoms. The van der Waals surface area contributed by atoms with Crippen LogP contribution in [0.15, 0.2) is 60.7 Å². The second kappa shape index (κ2) is 9.09. The molecule has 1 aromatic heterocycles. The fourth-order valence-corrected chi connectivity index (χ4v) is 4.32. The zero-order chi connectivity index (χ0) is 20.1. The molecule has 0 bridgehead atoms. The summed E-state index contributed by atoms with van der Waals surface area (Å²) in [4.78, 5) is 4.74. The monoisotopic (exact) mass is 404 g/mol. The fourth-order valence-electron chi connectivity index (χ4n) is 4.07. The van der Waals surface area contributed by atoms with E-state index < -0.39 is 0 Å². The van der Waals surface area contributed by atoms with Crippen molar-refractivity contribution in [3.8, 4) is 6.07 Å². The zero-order valence-corrected chi connectivity index (χ0v) is 17.1. The van der Waals surface area contributed by atoms with Gasteiger partial charge in [-0.1, -0.05) is 60.7 Å². The highest BCUT2D eigenvalue weighted by Gasteiger charge is 2.30.